The van der Waals surface area contributed by atoms with Crippen molar-refractivity contribution in [3.05, 3.63) is 71.3 Å². The van der Waals surface area contributed by atoms with E-state index in [2.05, 4.69) is 34.9 Å². The van der Waals surface area contributed by atoms with Crippen LogP contribution in [0.25, 0.3) is 11.1 Å². The highest BCUT2D eigenvalue weighted by Crippen LogP contribution is 2.44. The molecule has 2 aliphatic rings. The van der Waals surface area contributed by atoms with Gasteiger partial charge in [0, 0.05) is 24.6 Å². The molecule has 2 aromatic rings. The minimum atomic E-state index is -0.753. The Hall–Kier alpha value is -3.61. The Kier molecular flexibility index (Phi) is 7.85. The van der Waals surface area contributed by atoms with Crippen molar-refractivity contribution >= 4 is 18.0 Å². The summed E-state index contributed by atoms with van der Waals surface area (Å²) in [6.07, 6.45) is 4.23. The predicted molar refractivity (Wildman–Crippen MR) is 133 cm³/mol. The Bertz CT molecular complexity index is 1080. The fourth-order valence-corrected chi connectivity index (χ4v) is 5.11. The van der Waals surface area contributed by atoms with Crippen molar-refractivity contribution < 1.29 is 24.2 Å². The van der Waals surface area contributed by atoms with Crippen LogP contribution in [0.1, 0.15) is 49.7 Å². The first-order valence-corrected chi connectivity index (χ1v) is 12.2. The topological polar surface area (TPSA) is 105 Å². The van der Waals surface area contributed by atoms with Crippen molar-refractivity contribution in [3.8, 4) is 11.1 Å². The van der Waals surface area contributed by atoms with E-state index in [0.29, 0.717) is 25.0 Å². The van der Waals surface area contributed by atoms with Gasteiger partial charge in [0.1, 0.15) is 6.61 Å². The molecule has 2 unspecified atom stereocenters. The fraction of sp³-hybridized carbons (Fsp3) is 0.393. The first-order valence-electron chi connectivity index (χ1n) is 12.2. The molecule has 184 valence electrons. The summed E-state index contributed by atoms with van der Waals surface area (Å²) in [4.78, 5) is 35.9. The second kappa shape index (κ2) is 11.2. The van der Waals surface area contributed by atoms with Crippen LogP contribution in [0.5, 0.6) is 0 Å². The van der Waals surface area contributed by atoms with E-state index in [4.69, 9.17) is 4.74 Å². The number of nitrogens with one attached hydrogen (secondary N) is 2. The minimum absolute atomic E-state index is 0.00304. The minimum Gasteiger partial charge on any atom is -0.481 e. The zero-order valence-electron chi connectivity index (χ0n) is 20.0. The summed E-state index contributed by atoms with van der Waals surface area (Å²) in [7, 11) is 0. The second-order valence-electron chi connectivity index (χ2n) is 9.37. The van der Waals surface area contributed by atoms with Gasteiger partial charge in [-0.25, -0.2) is 4.79 Å². The number of rotatable bonds is 8. The van der Waals surface area contributed by atoms with Gasteiger partial charge in [-0.05, 0) is 54.4 Å². The third-order valence-electron chi connectivity index (χ3n) is 7.04. The van der Waals surface area contributed by atoms with Crippen LogP contribution >= 0.6 is 0 Å². The molecule has 7 nitrogen and oxygen atoms in total. The Morgan fingerprint density at radius 3 is 2.31 bits per heavy atom. The molecule has 0 bridgehead atoms. The lowest BCUT2D eigenvalue weighted by molar-refractivity contribution is -0.143. The number of carboxylic acid groups (broad SMARTS) is 1. The van der Waals surface area contributed by atoms with Gasteiger partial charge in [-0.3, -0.25) is 9.59 Å². The van der Waals surface area contributed by atoms with E-state index in [-0.39, 0.29) is 36.8 Å². The summed E-state index contributed by atoms with van der Waals surface area (Å²) in [5, 5.41) is 14.8. The van der Waals surface area contributed by atoms with Crippen LogP contribution in [0.2, 0.25) is 0 Å². The molecular formula is C28H32N2O5. The number of carbonyl (C=O) groups excluding carboxylic acids is 2. The number of fused-ring (bicyclic) bond motifs is 3. The highest BCUT2D eigenvalue weighted by atomic mass is 16.5. The first-order chi connectivity index (χ1) is 16.9. The van der Waals surface area contributed by atoms with Crippen molar-refractivity contribution in [2.24, 2.45) is 11.8 Å². The van der Waals surface area contributed by atoms with Gasteiger partial charge in [-0.15, -0.1) is 0 Å². The van der Waals surface area contributed by atoms with Gasteiger partial charge in [0.05, 0.1) is 5.92 Å². The summed E-state index contributed by atoms with van der Waals surface area (Å²) >= 11 is 0. The maximum Gasteiger partial charge on any atom is 0.407 e. The Morgan fingerprint density at radius 2 is 1.66 bits per heavy atom. The number of carboxylic acids is 1. The molecular weight excluding hydrogens is 444 g/mol. The van der Waals surface area contributed by atoms with E-state index in [9.17, 15) is 19.5 Å². The molecule has 0 aliphatic heterocycles. The van der Waals surface area contributed by atoms with Gasteiger partial charge in [0.15, 0.2) is 0 Å². The third kappa shape index (κ3) is 5.91. The molecule has 0 aromatic heterocycles. The van der Waals surface area contributed by atoms with E-state index in [1.54, 1.807) is 13.0 Å². The van der Waals surface area contributed by atoms with Gasteiger partial charge >= 0.3 is 12.1 Å². The molecule has 0 radical (unpaired) electrons. The fourth-order valence-electron chi connectivity index (χ4n) is 5.11. The van der Waals surface area contributed by atoms with Gasteiger partial charge in [0.2, 0.25) is 5.91 Å². The lowest BCUT2D eigenvalue weighted by atomic mass is 9.81. The van der Waals surface area contributed by atoms with Gasteiger partial charge < -0.3 is 20.5 Å². The molecule has 1 fully saturated rings. The van der Waals surface area contributed by atoms with Gasteiger partial charge in [-0.2, -0.15) is 0 Å². The van der Waals surface area contributed by atoms with E-state index < -0.39 is 12.1 Å². The smallest absolute Gasteiger partial charge is 0.407 e. The van der Waals surface area contributed by atoms with E-state index in [1.807, 2.05) is 24.3 Å². The molecule has 4 rings (SSSR count). The number of hydrogen-bond donors (Lipinski definition) is 3. The van der Waals surface area contributed by atoms with Crippen LogP contribution in [0.4, 0.5) is 4.79 Å². The number of hydrogen-bond acceptors (Lipinski definition) is 4. The largest absolute Gasteiger partial charge is 0.481 e. The molecule has 35 heavy (non-hydrogen) atoms. The molecule has 2 aliphatic carbocycles. The SMILES string of the molecule is C/C(=C\CNC(=O)OCC1c2ccccc2-c2ccccc21)C(=O)NCC1CCCC(C(=O)O)C1. The van der Waals surface area contributed by atoms with Crippen LogP contribution in [0, 0.1) is 11.8 Å². The first kappa shape index (κ1) is 24.5. The zero-order chi connectivity index (χ0) is 24.8. The zero-order valence-corrected chi connectivity index (χ0v) is 20.0. The van der Waals surface area contributed by atoms with Gasteiger partial charge in [0.25, 0.3) is 0 Å². The quantitative estimate of drug-likeness (QED) is 0.488. The summed E-state index contributed by atoms with van der Waals surface area (Å²) in [5.41, 5.74) is 5.15. The summed E-state index contributed by atoms with van der Waals surface area (Å²) < 4.78 is 5.51. The summed E-state index contributed by atoms with van der Waals surface area (Å²) in [6, 6.07) is 16.3. The lowest BCUT2D eigenvalue weighted by Crippen LogP contribution is -2.34. The van der Waals surface area contributed by atoms with Crippen molar-refractivity contribution in [1.29, 1.82) is 0 Å². The van der Waals surface area contributed by atoms with Crippen molar-refractivity contribution in [3.63, 3.8) is 0 Å². The maximum absolute atomic E-state index is 12.4. The number of benzene rings is 2. The van der Waals surface area contributed by atoms with Crippen LogP contribution < -0.4 is 10.6 Å². The van der Waals surface area contributed by atoms with Crippen LogP contribution in [0.3, 0.4) is 0 Å². The van der Waals surface area contributed by atoms with Crippen LogP contribution in [-0.4, -0.2) is 42.8 Å². The molecule has 0 heterocycles. The highest BCUT2D eigenvalue weighted by Gasteiger charge is 2.29. The second-order valence-corrected chi connectivity index (χ2v) is 9.37. The lowest BCUT2D eigenvalue weighted by Gasteiger charge is -2.26. The predicted octanol–water partition coefficient (Wildman–Crippen LogP) is 4.48. The maximum atomic E-state index is 12.4. The average molecular weight is 477 g/mol. The standard InChI is InChI=1S/C28H32N2O5/c1-18(26(31)30-16-19-7-6-8-20(15-19)27(32)33)13-14-29-28(34)35-17-25-23-11-4-2-9-21(23)22-10-3-5-12-24(22)25/h2-5,9-13,19-20,25H,6-8,14-17H2,1H3,(H,29,34)(H,30,31)(H,32,33)/b18-13+. The molecule has 2 atom stereocenters. The Labute approximate surface area is 205 Å². The van der Waals surface area contributed by atoms with Crippen LogP contribution in [-0.2, 0) is 14.3 Å². The van der Waals surface area contributed by atoms with Gasteiger partial charge in [-0.1, -0.05) is 61.0 Å². The van der Waals surface area contributed by atoms with E-state index in [1.165, 1.54) is 11.1 Å². The Morgan fingerprint density at radius 1 is 1.00 bits per heavy atom. The summed E-state index contributed by atoms with van der Waals surface area (Å²) in [6.45, 7) is 2.57. The molecule has 3 N–H and O–H groups in total. The van der Waals surface area contributed by atoms with Crippen molar-refractivity contribution in [1.82, 2.24) is 10.6 Å². The average Bonchev–Trinajstić information content (AvgIpc) is 3.19. The number of aliphatic carboxylic acids is 1. The molecule has 7 heteroatoms. The number of ether oxygens (including phenoxy) is 1. The normalized spacial score (nSPS) is 19.4. The number of alkyl carbamates (subject to hydrolysis) is 1. The monoisotopic (exact) mass is 476 g/mol. The van der Waals surface area contributed by atoms with Crippen molar-refractivity contribution in [2.45, 2.75) is 38.5 Å². The number of carbonyl (C=O) groups is 3. The Balaban J connectivity index is 1.21. The van der Waals surface area contributed by atoms with E-state index >= 15 is 0 Å². The van der Waals surface area contributed by atoms with Crippen molar-refractivity contribution in [2.75, 3.05) is 19.7 Å². The van der Waals surface area contributed by atoms with Crippen LogP contribution in [0.15, 0.2) is 60.2 Å². The summed E-state index contributed by atoms with van der Waals surface area (Å²) in [5.74, 6) is -1.10. The molecule has 2 amide bonds. The molecule has 0 saturated heterocycles. The number of amides is 2. The van der Waals surface area contributed by atoms with E-state index in [0.717, 1.165) is 24.0 Å². The highest BCUT2D eigenvalue weighted by molar-refractivity contribution is 5.92. The molecule has 2 aromatic carbocycles. The molecule has 0 spiro atoms. The molecule has 1 saturated carbocycles. The third-order valence-corrected chi connectivity index (χ3v) is 7.04.